The van der Waals surface area contributed by atoms with E-state index in [1.54, 1.807) is 0 Å². The molecule has 0 N–H and O–H groups in total. The molecule has 0 radical (unpaired) electrons. The first-order chi connectivity index (χ1) is 22.0. The average molecular weight is 589 g/mol. The number of allylic oxidation sites excluding steroid dienone is 3. The van der Waals surface area contributed by atoms with Crippen LogP contribution in [0.5, 0.6) is 0 Å². The number of pyridine rings is 1. The normalized spacial score (nSPS) is 12.2. The van der Waals surface area contributed by atoms with Gasteiger partial charge in [0.1, 0.15) is 0 Å². The van der Waals surface area contributed by atoms with Crippen LogP contribution in [-0.4, -0.2) is 4.98 Å². The van der Waals surface area contributed by atoms with Crippen molar-refractivity contribution < 1.29 is 0 Å². The number of fused-ring (bicyclic) bond motifs is 3. The van der Waals surface area contributed by atoms with Gasteiger partial charge in [0, 0.05) is 22.5 Å². The summed E-state index contributed by atoms with van der Waals surface area (Å²) in [5, 5.41) is 5.05. The van der Waals surface area contributed by atoms with Crippen molar-refractivity contribution in [1.29, 1.82) is 0 Å². The van der Waals surface area contributed by atoms with E-state index in [1.807, 2.05) is 39.2 Å². The van der Waals surface area contributed by atoms with Gasteiger partial charge in [-0.15, -0.1) is 6.58 Å². The Hall–Kier alpha value is -4.95. The maximum absolute atomic E-state index is 4.55. The topological polar surface area (TPSA) is 16.1 Å². The molecule has 0 aliphatic carbocycles. The van der Waals surface area contributed by atoms with Gasteiger partial charge in [-0.25, -0.2) is 0 Å². The number of hydrogen-bond donors (Lipinski definition) is 0. The maximum Gasteiger partial charge on any atom is 0.0724 e. The lowest BCUT2D eigenvalue weighted by molar-refractivity contribution is 0.744. The van der Waals surface area contributed by atoms with Crippen molar-refractivity contribution in [1.82, 2.24) is 4.98 Å². The number of aromatic nitrogens is 1. The van der Waals surface area contributed by atoms with Crippen LogP contribution < -0.4 is 4.90 Å². The molecule has 6 aromatic rings. The molecule has 1 aliphatic rings. The lowest BCUT2D eigenvalue weighted by atomic mass is 9.84. The molecular formula is C43H44N2. The molecule has 1 unspecified atom stereocenters. The van der Waals surface area contributed by atoms with Crippen molar-refractivity contribution in [3.8, 4) is 22.3 Å². The van der Waals surface area contributed by atoms with Gasteiger partial charge in [0.15, 0.2) is 0 Å². The van der Waals surface area contributed by atoms with Crippen molar-refractivity contribution in [3.63, 3.8) is 0 Å². The van der Waals surface area contributed by atoms with Gasteiger partial charge >= 0.3 is 0 Å². The van der Waals surface area contributed by atoms with E-state index in [1.165, 1.54) is 66.3 Å². The van der Waals surface area contributed by atoms with Crippen molar-refractivity contribution in [2.24, 2.45) is 5.92 Å². The molecule has 5 aromatic carbocycles. The molecule has 7 rings (SSSR count). The summed E-state index contributed by atoms with van der Waals surface area (Å²) in [5.41, 5.74) is 11.2. The largest absolute Gasteiger partial charge is 0.307 e. The summed E-state index contributed by atoms with van der Waals surface area (Å²) in [7, 11) is 0. The molecule has 2 nitrogen and oxygen atoms in total. The Morgan fingerprint density at radius 3 is 2.20 bits per heavy atom. The highest BCUT2D eigenvalue weighted by atomic mass is 15.2. The van der Waals surface area contributed by atoms with E-state index >= 15 is 0 Å². The SMILES string of the molecule is C=CCC(C)/C=C\C.CC.Cc1ccccc1-c1c(C)cc2c3c(cccc13)N(c1cccc3ccccc13)c1cnccc1-2. The summed E-state index contributed by atoms with van der Waals surface area (Å²) in [5.74, 6) is 0.664. The molecule has 226 valence electrons. The highest BCUT2D eigenvalue weighted by molar-refractivity contribution is 6.19. The number of aryl methyl sites for hydroxylation is 2. The zero-order chi connectivity index (χ0) is 31.9. The lowest BCUT2D eigenvalue weighted by Gasteiger charge is -2.34. The second-order valence-corrected chi connectivity index (χ2v) is 11.4. The van der Waals surface area contributed by atoms with Crippen LogP contribution in [0.25, 0.3) is 43.8 Å². The summed E-state index contributed by atoms with van der Waals surface area (Å²) in [6, 6.07) is 35.1. The third-order valence-electron chi connectivity index (χ3n) is 8.39. The number of rotatable bonds is 5. The molecule has 0 saturated heterocycles. The van der Waals surface area contributed by atoms with Crippen LogP contribution in [0.2, 0.25) is 0 Å². The highest BCUT2D eigenvalue weighted by Crippen LogP contribution is 2.53. The van der Waals surface area contributed by atoms with Gasteiger partial charge in [-0.3, -0.25) is 4.98 Å². The van der Waals surface area contributed by atoms with Gasteiger partial charge < -0.3 is 4.90 Å². The minimum Gasteiger partial charge on any atom is -0.307 e. The zero-order valence-electron chi connectivity index (χ0n) is 27.5. The van der Waals surface area contributed by atoms with Crippen LogP contribution in [0.3, 0.4) is 0 Å². The first-order valence-electron chi connectivity index (χ1n) is 16.1. The highest BCUT2D eigenvalue weighted by Gasteiger charge is 2.28. The fraction of sp³-hybridized carbons (Fsp3) is 0.186. The van der Waals surface area contributed by atoms with Crippen LogP contribution >= 0.6 is 0 Å². The molecule has 2 heterocycles. The smallest absolute Gasteiger partial charge is 0.0724 e. The van der Waals surface area contributed by atoms with Crippen molar-refractivity contribution in [3.05, 3.63) is 145 Å². The van der Waals surface area contributed by atoms with Crippen LogP contribution in [0.4, 0.5) is 17.1 Å². The second kappa shape index (κ2) is 14.2. The number of hydrogen-bond acceptors (Lipinski definition) is 2. The van der Waals surface area contributed by atoms with Gasteiger partial charge in [0.25, 0.3) is 0 Å². The summed E-state index contributed by atoms with van der Waals surface area (Å²) in [4.78, 5) is 6.95. The minimum atomic E-state index is 0.664. The number of benzene rings is 5. The Morgan fingerprint density at radius 2 is 1.42 bits per heavy atom. The number of nitrogens with zero attached hydrogens (tertiary/aromatic N) is 2. The van der Waals surface area contributed by atoms with Gasteiger partial charge in [0.2, 0.25) is 0 Å². The molecule has 1 atom stereocenters. The minimum absolute atomic E-state index is 0.664. The standard InChI is InChI=1S/C33H24N2.C8H14.C2H6/c1-21-9-3-5-12-24(21)32-22(2)19-28-26-17-18-34-20-31(26)35(30-16-8-14-27(32)33(28)30)29-15-7-11-23-10-4-6-13-25(23)29;1-4-6-8(3)7-5-2;1-2/h3-20H,1-2H3;4-5,7-8H,1,6H2,2-3H3;1-2H3/b;7-5-;. The van der Waals surface area contributed by atoms with Crippen LogP contribution in [0.15, 0.2) is 134 Å². The lowest BCUT2D eigenvalue weighted by Crippen LogP contribution is -2.16. The van der Waals surface area contributed by atoms with Gasteiger partial charge in [-0.2, -0.15) is 0 Å². The predicted molar refractivity (Wildman–Crippen MR) is 198 cm³/mol. The van der Waals surface area contributed by atoms with E-state index in [0.717, 1.165) is 12.1 Å². The maximum atomic E-state index is 4.55. The summed E-state index contributed by atoms with van der Waals surface area (Å²) < 4.78 is 0. The Labute approximate surface area is 269 Å². The molecule has 0 saturated carbocycles. The van der Waals surface area contributed by atoms with Gasteiger partial charge in [0.05, 0.1) is 23.3 Å². The molecule has 1 aromatic heterocycles. The van der Waals surface area contributed by atoms with E-state index in [2.05, 4.69) is 146 Å². The average Bonchev–Trinajstić information content (AvgIpc) is 3.07. The Bertz CT molecular complexity index is 1980. The fourth-order valence-corrected chi connectivity index (χ4v) is 6.47. The van der Waals surface area contributed by atoms with Crippen molar-refractivity contribution in [2.45, 2.75) is 48.0 Å². The Kier molecular flexibility index (Phi) is 9.95. The number of anilines is 3. The Morgan fingerprint density at radius 1 is 0.733 bits per heavy atom. The second-order valence-electron chi connectivity index (χ2n) is 11.4. The van der Waals surface area contributed by atoms with Gasteiger partial charge in [-0.05, 0) is 89.9 Å². The predicted octanol–water partition coefficient (Wildman–Crippen LogP) is 12.9. The molecule has 1 aliphatic heterocycles. The first kappa shape index (κ1) is 31.5. The first-order valence-corrected chi connectivity index (χ1v) is 16.1. The summed E-state index contributed by atoms with van der Waals surface area (Å²) in [6.07, 6.45) is 11.2. The van der Waals surface area contributed by atoms with E-state index in [-0.39, 0.29) is 0 Å². The third kappa shape index (κ3) is 6.06. The van der Waals surface area contributed by atoms with Crippen molar-refractivity contribution in [2.75, 3.05) is 4.90 Å². The molecule has 2 heteroatoms. The molecular weight excluding hydrogens is 544 g/mol. The van der Waals surface area contributed by atoms with Crippen molar-refractivity contribution >= 4 is 38.6 Å². The monoisotopic (exact) mass is 588 g/mol. The summed E-state index contributed by atoms with van der Waals surface area (Å²) >= 11 is 0. The van der Waals surface area contributed by atoms with Crippen LogP contribution in [0, 0.1) is 19.8 Å². The zero-order valence-corrected chi connectivity index (χ0v) is 27.5. The third-order valence-corrected chi connectivity index (χ3v) is 8.39. The molecule has 45 heavy (non-hydrogen) atoms. The molecule has 0 spiro atoms. The van der Waals surface area contributed by atoms with Crippen LogP contribution in [0.1, 0.15) is 45.2 Å². The van der Waals surface area contributed by atoms with Crippen LogP contribution in [-0.2, 0) is 0 Å². The van der Waals surface area contributed by atoms with E-state index in [4.69, 9.17) is 0 Å². The van der Waals surface area contributed by atoms with E-state index < -0.39 is 0 Å². The summed E-state index contributed by atoms with van der Waals surface area (Å²) in [6.45, 7) is 16.3. The fourth-order valence-electron chi connectivity index (χ4n) is 6.47. The van der Waals surface area contributed by atoms with E-state index in [9.17, 15) is 0 Å². The molecule has 0 bridgehead atoms. The molecule has 0 amide bonds. The van der Waals surface area contributed by atoms with E-state index in [0.29, 0.717) is 5.92 Å². The molecule has 0 fully saturated rings. The van der Waals surface area contributed by atoms with Gasteiger partial charge in [-0.1, -0.05) is 118 Å². The quantitative estimate of drug-likeness (QED) is 0.186. The Balaban J connectivity index is 0.000000352.